The van der Waals surface area contributed by atoms with Gasteiger partial charge >= 0.3 is 0 Å². The van der Waals surface area contributed by atoms with E-state index in [9.17, 15) is 9.18 Å². The number of halogens is 1. The predicted molar refractivity (Wildman–Crippen MR) is 95.0 cm³/mol. The van der Waals surface area contributed by atoms with Gasteiger partial charge in [-0.05, 0) is 44.4 Å². The van der Waals surface area contributed by atoms with Crippen LogP contribution in [0, 0.1) is 19.7 Å². The van der Waals surface area contributed by atoms with Gasteiger partial charge in [0.05, 0.1) is 0 Å². The summed E-state index contributed by atoms with van der Waals surface area (Å²) in [6.45, 7) is 4.17. The number of carbonyl (C=O) groups excluding carboxylic acids is 1. The van der Waals surface area contributed by atoms with Crippen molar-refractivity contribution in [2.75, 3.05) is 0 Å². The molecule has 1 saturated carbocycles. The Kier molecular flexibility index (Phi) is 3.83. The second-order valence-corrected chi connectivity index (χ2v) is 6.81. The fourth-order valence-electron chi connectivity index (χ4n) is 3.23. The van der Waals surface area contributed by atoms with Crippen molar-refractivity contribution in [3.63, 3.8) is 0 Å². The van der Waals surface area contributed by atoms with Gasteiger partial charge in [0, 0.05) is 29.1 Å². The van der Waals surface area contributed by atoms with Crippen LogP contribution in [-0.2, 0) is 6.54 Å². The van der Waals surface area contributed by atoms with Crippen molar-refractivity contribution in [2.24, 2.45) is 0 Å². The molecule has 0 radical (unpaired) electrons. The zero-order valence-electron chi connectivity index (χ0n) is 14.4. The molecule has 1 heterocycles. The highest BCUT2D eigenvalue weighted by Crippen LogP contribution is 2.33. The monoisotopic (exact) mass is 337 g/mol. The first-order valence-electron chi connectivity index (χ1n) is 8.58. The van der Waals surface area contributed by atoms with E-state index in [1.54, 1.807) is 23.1 Å². The molecule has 1 amide bonds. The van der Waals surface area contributed by atoms with E-state index in [1.807, 2.05) is 32.0 Å². The molecule has 0 saturated heterocycles. The van der Waals surface area contributed by atoms with Crippen molar-refractivity contribution in [1.29, 1.82) is 0 Å². The number of carbonyl (C=O) groups is 1. The average Bonchev–Trinajstić information content (AvgIpc) is 3.38. The highest BCUT2D eigenvalue weighted by molar-refractivity contribution is 5.99. The molecule has 1 aliphatic carbocycles. The van der Waals surface area contributed by atoms with Crippen LogP contribution in [0.2, 0.25) is 0 Å². The molecule has 4 rings (SSSR count). The van der Waals surface area contributed by atoms with Gasteiger partial charge in [-0.3, -0.25) is 4.79 Å². The van der Waals surface area contributed by atoms with Crippen LogP contribution in [0.5, 0.6) is 0 Å². The molecule has 1 aliphatic rings. The first kappa shape index (κ1) is 15.9. The van der Waals surface area contributed by atoms with E-state index in [-0.39, 0.29) is 24.3 Å². The minimum atomic E-state index is -0.280. The largest absolute Gasteiger partial charge is 0.451 e. The quantitative estimate of drug-likeness (QED) is 0.672. The van der Waals surface area contributed by atoms with E-state index in [0.717, 1.165) is 34.9 Å². The number of rotatable bonds is 4. The second-order valence-electron chi connectivity index (χ2n) is 6.81. The first-order valence-corrected chi connectivity index (χ1v) is 8.58. The van der Waals surface area contributed by atoms with Crippen LogP contribution < -0.4 is 0 Å². The molecule has 0 unspecified atom stereocenters. The smallest absolute Gasteiger partial charge is 0.290 e. The third-order valence-electron chi connectivity index (χ3n) is 4.84. The highest BCUT2D eigenvalue weighted by atomic mass is 19.1. The number of hydrogen-bond acceptors (Lipinski definition) is 2. The Morgan fingerprint density at radius 3 is 2.68 bits per heavy atom. The molecule has 4 heteroatoms. The van der Waals surface area contributed by atoms with Crippen molar-refractivity contribution >= 4 is 16.9 Å². The average molecular weight is 337 g/mol. The van der Waals surface area contributed by atoms with Crippen LogP contribution in [0.15, 0.2) is 46.9 Å². The molecule has 25 heavy (non-hydrogen) atoms. The molecule has 3 nitrogen and oxygen atoms in total. The van der Waals surface area contributed by atoms with Crippen molar-refractivity contribution < 1.29 is 13.6 Å². The van der Waals surface area contributed by atoms with Gasteiger partial charge < -0.3 is 9.32 Å². The number of nitrogens with zero attached hydrogens (tertiary/aromatic N) is 1. The zero-order valence-corrected chi connectivity index (χ0v) is 14.4. The number of benzene rings is 2. The van der Waals surface area contributed by atoms with Gasteiger partial charge in [-0.25, -0.2) is 4.39 Å². The van der Waals surface area contributed by atoms with Crippen LogP contribution in [0.1, 0.15) is 40.1 Å². The maximum absolute atomic E-state index is 14.0. The summed E-state index contributed by atoms with van der Waals surface area (Å²) >= 11 is 0. The highest BCUT2D eigenvalue weighted by Gasteiger charge is 2.35. The molecule has 1 fully saturated rings. The minimum Gasteiger partial charge on any atom is -0.451 e. The van der Waals surface area contributed by atoms with Gasteiger partial charge in [0.2, 0.25) is 0 Å². The van der Waals surface area contributed by atoms with E-state index >= 15 is 0 Å². The van der Waals surface area contributed by atoms with Crippen molar-refractivity contribution in [3.05, 3.63) is 70.7 Å². The van der Waals surface area contributed by atoms with Gasteiger partial charge in [0.1, 0.15) is 11.4 Å². The maximum atomic E-state index is 14.0. The van der Waals surface area contributed by atoms with E-state index < -0.39 is 0 Å². The number of amides is 1. The van der Waals surface area contributed by atoms with E-state index in [2.05, 4.69) is 0 Å². The second kappa shape index (κ2) is 6.03. The Bertz CT molecular complexity index is 956. The molecular formula is C21H20FNO2. The Hall–Kier alpha value is -2.62. The summed E-state index contributed by atoms with van der Waals surface area (Å²) in [7, 11) is 0. The summed E-state index contributed by atoms with van der Waals surface area (Å²) in [5, 5.41) is 0.954. The van der Waals surface area contributed by atoms with Crippen molar-refractivity contribution in [2.45, 2.75) is 39.3 Å². The van der Waals surface area contributed by atoms with Gasteiger partial charge in [-0.15, -0.1) is 0 Å². The number of fused-ring (bicyclic) bond motifs is 1. The summed E-state index contributed by atoms with van der Waals surface area (Å²) in [6.07, 6.45) is 1.91. The summed E-state index contributed by atoms with van der Waals surface area (Å²) < 4.78 is 19.9. The summed E-state index contributed by atoms with van der Waals surface area (Å²) in [5.74, 6) is -0.0705. The Labute approximate surface area is 146 Å². The molecule has 0 bridgehead atoms. The Morgan fingerprint density at radius 2 is 1.96 bits per heavy atom. The van der Waals surface area contributed by atoms with Gasteiger partial charge in [0.15, 0.2) is 5.76 Å². The van der Waals surface area contributed by atoms with Crippen LogP contribution in [0.4, 0.5) is 4.39 Å². The molecule has 0 spiro atoms. The van der Waals surface area contributed by atoms with Crippen LogP contribution in [0.25, 0.3) is 11.0 Å². The van der Waals surface area contributed by atoms with Gasteiger partial charge in [-0.2, -0.15) is 0 Å². The van der Waals surface area contributed by atoms with E-state index in [4.69, 9.17) is 4.42 Å². The molecule has 2 aromatic carbocycles. The Morgan fingerprint density at radius 1 is 1.20 bits per heavy atom. The maximum Gasteiger partial charge on any atom is 0.290 e. The Balaban J connectivity index is 1.70. The SMILES string of the molecule is Cc1ccc2c(C)c(C(=O)N(Cc3ccccc3F)C3CC3)oc2c1. The lowest BCUT2D eigenvalue weighted by atomic mass is 10.1. The van der Waals surface area contributed by atoms with E-state index in [0.29, 0.717) is 11.3 Å². The lowest BCUT2D eigenvalue weighted by Crippen LogP contribution is -2.33. The van der Waals surface area contributed by atoms with E-state index in [1.165, 1.54) is 6.07 Å². The van der Waals surface area contributed by atoms with Crippen LogP contribution in [0.3, 0.4) is 0 Å². The zero-order chi connectivity index (χ0) is 17.6. The molecular weight excluding hydrogens is 317 g/mol. The fraction of sp³-hybridized carbons (Fsp3) is 0.286. The molecule has 0 N–H and O–H groups in total. The van der Waals surface area contributed by atoms with Crippen LogP contribution >= 0.6 is 0 Å². The lowest BCUT2D eigenvalue weighted by Gasteiger charge is -2.22. The van der Waals surface area contributed by atoms with Crippen molar-refractivity contribution in [3.8, 4) is 0 Å². The first-order chi connectivity index (χ1) is 12.0. The third-order valence-corrected chi connectivity index (χ3v) is 4.84. The molecule has 3 aromatic rings. The molecule has 128 valence electrons. The molecule has 1 aromatic heterocycles. The number of aryl methyl sites for hydroxylation is 2. The lowest BCUT2D eigenvalue weighted by molar-refractivity contribution is 0.0697. The van der Waals surface area contributed by atoms with Crippen molar-refractivity contribution in [1.82, 2.24) is 4.90 Å². The van der Waals surface area contributed by atoms with Crippen LogP contribution in [-0.4, -0.2) is 16.8 Å². The summed E-state index contributed by atoms with van der Waals surface area (Å²) in [6, 6.07) is 12.7. The third kappa shape index (κ3) is 2.93. The predicted octanol–water partition coefficient (Wildman–Crippen LogP) is 4.99. The summed E-state index contributed by atoms with van der Waals surface area (Å²) in [4.78, 5) is 14.9. The van der Waals surface area contributed by atoms with Gasteiger partial charge in [-0.1, -0.05) is 30.3 Å². The minimum absolute atomic E-state index is 0.155. The number of furan rings is 1. The molecule has 0 aliphatic heterocycles. The standard InChI is InChI=1S/C21H20FNO2/c1-13-7-10-17-14(2)20(25-19(17)11-13)21(24)23(16-8-9-16)12-15-5-3-4-6-18(15)22/h3-7,10-11,16H,8-9,12H2,1-2H3. The fourth-order valence-corrected chi connectivity index (χ4v) is 3.23. The number of hydrogen-bond donors (Lipinski definition) is 0. The van der Waals surface area contributed by atoms with Gasteiger partial charge in [0.25, 0.3) is 5.91 Å². The molecule has 0 atom stereocenters. The summed E-state index contributed by atoms with van der Waals surface area (Å²) in [5.41, 5.74) is 3.19. The topological polar surface area (TPSA) is 33.5 Å². The normalized spacial score (nSPS) is 14.0.